The van der Waals surface area contributed by atoms with E-state index in [1.54, 1.807) is 0 Å². The van der Waals surface area contributed by atoms with Gasteiger partial charge < -0.3 is 14.3 Å². The maximum Gasteiger partial charge on any atom is 0.257 e. The van der Waals surface area contributed by atoms with Gasteiger partial charge in [0.05, 0.1) is 17.6 Å². The van der Waals surface area contributed by atoms with E-state index in [0.29, 0.717) is 23.1 Å². The molecule has 32 heavy (non-hydrogen) atoms. The van der Waals surface area contributed by atoms with Gasteiger partial charge in [-0.25, -0.2) is 9.97 Å². The van der Waals surface area contributed by atoms with Crippen molar-refractivity contribution in [2.75, 3.05) is 0 Å². The van der Waals surface area contributed by atoms with Crippen molar-refractivity contribution in [3.8, 4) is 0 Å². The summed E-state index contributed by atoms with van der Waals surface area (Å²) in [5.74, 6) is 1.32. The van der Waals surface area contributed by atoms with E-state index in [2.05, 4.69) is 27.9 Å². The topological polar surface area (TPSA) is 73.0 Å². The van der Waals surface area contributed by atoms with Crippen LogP contribution < -0.4 is 5.32 Å². The fraction of sp³-hybridized carbons (Fsp3) is 0.160. The Morgan fingerprint density at radius 2 is 1.72 bits per heavy atom. The zero-order chi connectivity index (χ0) is 21.9. The van der Waals surface area contributed by atoms with Gasteiger partial charge in [-0.15, -0.1) is 0 Å². The minimum absolute atomic E-state index is 0.117. The third-order valence-corrected chi connectivity index (χ3v) is 6.22. The Labute approximate surface area is 189 Å². The van der Waals surface area contributed by atoms with Crippen LogP contribution in [0, 0.1) is 0 Å². The predicted octanol–water partition coefficient (Wildman–Crippen LogP) is 5.42. The lowest BCUT2D eigenvalue weighted by Gasteiger charge is -2.10. The molecule has 7 heteroatoms. The first-order chi connectivity index (χ1) is 15.7. The number of rotatable bonds is 7. The number of hydrogen-bond donors (Lipinski definition) is 1. The number of carbonyl (C=O) groups is 1. The Hall–Kier alpha value is -3.58. The van der Waals surface area contributed by atoms with Crippen molar-refractivity contribution in [2.24, 2.45) is 0 Å². The molecular weight excluding hydrogens is 420 g/mol. The number of aryl methyl sites for hydroxylation is 1. The van der Waals surface area contributed by atoms with Crippen LogP contribution in [0.5, 0.6) is 0 Å². The first kappa shape index (κ1) is 20.3. The summed E-state index contributed by atoms with van der Waals surface area (Å²) >= 11 is 1.48. The van der Waals surface area contributed by atoms with E-state index in [-0.39, 0.29) is 5.91 Å². The Bertz CT molecular complexity index is 1370. The standard InChI is InChI=1S/C25H22N4O2S/c1-2-29-21-13-7-5-11-19(21)27-23(29)15-26-24(30)18-10-4-3-9-17(18)16-32-25-28-20-12-6-8-14-22(20)31-25/h3-14H,2,15-16H2,1H3,(H,26,30). The van der Waals surface area contributed by atoms with E-state index in [9.17, 15) is 4.79 Å². The molecule has 0 fully saturated rings. The lowest BCUT2D eigenvalue weighted by molar-refractivity contribution is 0.0949. The second-order valence-corrected chi connectivity index (χ2v) is 8.26. The van der Waals surface area contributed by atoms with Gasteiger partial charge in [-0.3, -0.25) is 4.79 Å². The summed E-state index contributed by atoms with van der Waals surface area (Å²) in [5, 5.41) is 3.64. The maximum atomic E-state index is 13.0. The Morgan fingerprint density at radius 3 is 2.56 bits per heavy atom. The molecule has 0 atom stereocenters. The fourth-order valence-electron chi connectivity index (χ4n) is 3.79. The Kier molecular flexibility index (Phi) is 5.64. The van der Waals surface area contributed by atoms with Gasteiger partial charge in [-0.2, -0.15) is 0 Å². The van der Waals surface area contributed by atoms with Crippen LogP contribution in [-0.4, -0.2) is 20.4 Å². The molecular formula is C25H22N4O2S. The number of nitrogens with zero attached hydrogens (tertiary/aromatic N) is 3. The molecule has 5 rings (SSSR count). The second-order valence-electron chi connectivity index (χ2n) is 7.34. The molecule has 160 valence electrons. The molecule has 0 unspecified atom stereocenters. The van der Waals surface area contributed by atoms with E-state index in [4.69, 9.17) is 9.40 Å². The van der Waals surface area contributed by atoms with Crippen molar-refractivity contribution in [1.82, 2.24) is 19.9 Å². The van der Waals surface area contributed by atoms with Crippen LogP contribution in [0.1, 0.15) is 28.7 Å². The Morgan fingerprint density at radius 1 is 0.969 bits per heavy atom. The molecule has 0 aliphatic heterocycles. The predicted molar refractivity (Wildman–Crippen MR) is 127 cm³/mol. The number of oxazole rings is 1. The molecule has 0 aliphatic rings. The van der Waals surface area contributed by atoms with Crippen molar-refractivity contribution in [2.45, 2.75) is 31.0 Å². The zero-order valence-electron chi connectivity index (χ0n) is 17.6. The summed E-state index contributed by atoms with van der Waals surface area (Å²) in [6, 6.07) is 23.3. The molecule has 2 aromatic heterocycles. The smallest absolute Gasteiger partial charge is 0.257 e. The van der Waals surface area contributed by atoms with E-state index < -0.39 is 0 Å². The van der Waals surface area contributed by atoms with Crippen molar-refractivity contribution < 1.29 is 9.21 Å². The highest BCUT2D eigenvalue weighted by Crippen LogP contribution is 2.27. The Balaban J connectivity index is 1.30. The van der Waals surface area contributed by atoms with Crippen LogP contribution in [0.2, 0.25) is 0 Å². The highest BCUT2D eigenvalue weighted by Gasteiger charge is 2.15. The molecule has 0 bridgehead atoms. The molecule has 6 nitrogen and oxygen atoms in total. The van der Waals surface area contributed by atoms with Crippen molar-refractivity contribution in [3.63, 3.8) is 0 Å². The summed E-state index contributed by atoms with van der Waals surface area (Å²) in [6.07, 6.45) is 0. The number of para-hydroxylation sites is 4. The largest absolute Gasteiger partial charge is 0.431 e. The quantitative estimate of drug-likeness (QED) is 0.341. The van der Waals surface area contributed by atoms with Gasteiger partial charge in [0.25, 0.3) is 11.1 Å². The van der Waals surface area contributed by atoms with Crippen LogP contribution in [-0.2, 0) is 18.8 Å². The number of imidazole rings is 1. The lowest BCUT2D eigenvalue weighted by atomic mass is 10.1. The summed E-state index contributed by atoms with van der Waals surface area (Å²) in [5.41, 5.74) is 5.19. The molecule has 5 aromatic rings. The van der Waals surface area contributed by atoms with Gasteiger partial charge in [-0.05, 0) is 42.8 Å². The second kappa shape index (κ2) is 8.88. The molecule has 0 aliphatic carbocycles. The van der Waals surface area contributed by atoms with Crippen LogP contribution in [0.25, 0.3) is 22.1 Å². The van der Waals surface area contributed by atoms with Crippen LogP contribution in [0.4, 0.5) is 0 Å². The molecule has 1 amide bonds. The van der Waals surface area contributed by atoms with Crippen LogP contribution in [0.15, 0.2) is 82.4 Å². The van der Waals surface area contributed by atoms with Gasteiger partial charge in [0, 0.05) is 17.9 Å². The minimum atomic E-state index is -0.117. The van der Waals surface area contributed by atoms with Crippen LogP contribution >= 0.6 is 11.8 Å². The normalized spacial score (nSPS) is 11.3. The number of amides is 1. The molecule has 0 spiro atoms. The highest BCUT2D eigenvalue weighted by molar-refractivity contribution is 7.98. The molecule has 0 radical (unpaired) electrons. The molecule has 2 heterocycles. The lowest BCUT2D eigenvalue weighted by Crippen LogP contribution is -2.25. The van der Waals surface area contributed by atoms with Crippen molar-refractivity contribution in [3.05, 3.63) is 89.7 Å². The fourth-order valence-corrected chi connectivity index (χ4v) is 4.63. The van der Waals surface area contributed by atoms with E-state index in [0.717, 1.165) is 40.1 Å². The number of benzene rings is 3. The van der Waals surface area contributed by atoms with Gasteiger partial charge in [0.2, 0.25) is 0 Å². The first-order valence-corrected chi connectivity index (χ1v) is 11.5. The highest BCUT2D eigenvalue weighted by atomic mass is 32.2. The number of nitrogens with one attached hydrogen (secondary N) is 1. The zero-order valence-corrected chi connectivity index (χ0v) is 18.4. The average Bonchev–Trinajstić information content (AvgIpc) is 3.41. The van der Waals surface area contributed by atoms with Gasteiger partial charge in [0.15, 0.2) is 5.58 Å². The monoisotopic (exact) mass is 442 g/mol. The van der Waals surface area contributed by atoms with Crippen molar-refractivity contribution >= 4 is 39.8 Å². The number of thioether (sulfide) groups is 1. The van der Waals surface area contributed by atoms with Crippen LogP contribution in [0.3, 0.4) is 0 Å². The summed E-state index contributed by atoms with van der Waals surface area (Å²) < 4.78 is 7.92. The van der Waals surface area contributed by atoms with E-state index in [1.807, 2.05) is 66.7 Å². The number of hydrogen-bond acceptors (Lipinski definition) is 5. The number of fused-ring (bicyclic) bond motifs is 2. The number of carbonyl (C=O) groups excluding carboxylic acids is 1. The number of aromatic nitrogens is 3. The molecule has 3 aromatic carbocycles. The minimum Gasteiger partial charge on any atom is -0.431 e. The van der Waals surface area contributed by atoms with Crippen molar-refractivity contribution in [1.29, 1.82) is 0 Å². The van der Waals surface area contributed by atoms with E-state index >= 15 is 0 Å². The summed E-state index contributed by atoms with van der Waals surface area (Å²) in [7, 11) is 0. The third kappa shape index (κ3) is 3.99. The third-order valence-electron chi connectivity index (χ3n) is 5.34. The van der Waals surface area contributed by atoms with Gasteiger partial charge in [0.1, 0.15) is 11.3 Å². The van der Waals surface area contributed by atoms with Gasteiger partial charge >= 0.3 is 0 Å². The van der Waals surface area contributed by atoms with Gasteiger partial charge in [-0.1, -0.05) is 54.2 Å². The van der Waals surface area contributed by atoms with E-state index in [1.165, 1.54) is 11.8 Å². The average molecular weight is 443 g/mol. The first-order valence-electron chi connectivity index (χ1n) is 10.5. The molecule has 0 saturated heterocycles. The summed E-state index contributed by atoms with van der Waals surface area (Å²) in [4.78, 5) is 22.2. The maximum absolute atomic E-state index is 13.0. The molecule has 0 saturated carbocycles. The SMILES string of the molecule is CCn1c(CNC(=O)c2ccccc2CSc2nc3ccccc3o2)nc2ccccc21. The summed E-state index contributed by atoms with van der Waals surface area (Å²) in [6.45, 7) is 3.25. The molecule has 1 N–H and O–H groups in total.